The van der Waals surface area contributed by atoms with Crippen LogP contribution in [0.1, 0.15) is 106 Å². The summed E-state index contributed by atoms with van der Waals surface area (Å²) in [5.74, 6) is -0.214. The first-order valence-electron chi connectivity index (χ1n) is 6.06. The zero-order valence-electron chi connectivity index (χ0n) is 10.5. The lowest BCUT2D eigenvalue weighted by Gasteiger charge is -2.05. The smallest absolute Gasteiger partial charge is 0.302 e. The van der Waals surface area contributed by atoms with Crippen molar-refractivity contribution in [1.82, 2.24) is 0 Å². The molecule has 4 nitrogen and oxygen atoms in total. The summed E-state index contributed by atoms with van der Waals surface area (Å²) in [6.07, 6.45) is 3.82. The fraction of sp³-hybridized carbons (Fsp3) is 0.952. The minimum Gasteiger partial charge on any atom is -0.466 e. The summed E-state index contributed by atoms with van der Waals surface area (Å²) < 4.78 is 15.5. The maximum atomic E-state index is 10.4. The van der Waals surface area contributed by atoms with Gasteiger partial charge in [-0.25, -0.2) is 0 Å². The van der Waals surface area contributed by atoms with Crippen molar-refractivity contribution >= 4 is 5.97 Å². The summed E-state index contributed by atoms with van der Waals surface area (Å²) in [7, 11) is 0. The second-order valence-electron chi connectivity index (χ2n) is 3.63. The van der Waals surface area contributed by atoms with Gasteiger partial charge in [0.25, 0.3) is 0 Å². The normalized spacial score (nSPS) is 6.64. The molecule has 0 aliphatic rings. The molecule has 0 N–H and O–H groups in total. The van der Waals surface area contributed by atoms with E-state index < -0.39 is 0 Å². The molecular weight excluding hydrogens is 316 g/mol. The van der Waals surface area contributed by atoms with Crippen LogP contribution in [0.4, 0.5) is 0 Å². The summed E-state index contributed by atoms with van der Waals surface area (Å²) in [5.41, 5.74) is 0. The van der Waals surface area contributed by atoms with E-state index in [1.165, 1.54) is 6.92 Å². The molecule has 0 bridgehead atoms. The molecule has 0 unspecified atom stereocenters. The number of esters is 1. The van der Waals surface area contributed by atoms with E-state index in [1.54, 1.807) is 0 Å². The molecule has 0 fully saturated rings. The summed E-state index contributed by atoms with van der Waals surface area (Å²) in [4.78, 5) is 10.4. The van der Waals surface area contributed by atoms with Crippen molar-refractivity contribution in [2.45, 2.75) is 106 Å². The van der Waals surface area contributed by atoms with E-state index in [0.717, 1.165) is 52.1 Å². The average molecular weight is 377 g/mol. The maximum absolute atomic E-state index is 10.4. The van der Waals surface area contributed by atoms with Gasteiger partial charge < -0.3 is 14.2 Å². The minimum absolute atomic E-state index is 0. The average Bonchev–Trinajstić information content (AvgIpc) is 2.25. The van der Waals surface area contributed by atoms with Gasteiger partial charge in [-0.2, -0.15) is 0 Å². The van der Waals surface area contributed by atoms with Crippen molar-refractivity contribution in [2.75, 3.05) is 33.0 Å². The monoisotopic (exact) mass is 376 g/mol. The number of hydrogen-bond donors (Lipinski definition) is 0. The molecule has 0 atom stereocenters. The van der Waals surface area contributed by atoms with Crippen LogP contribution in [0.3, 0.4) is 0 Å². The van der Waals surface area contributed by atoms with E-state index in [0.29, 0.717) is 6.61 Å². The molecule has 4 heteroatoms. The Morgan fingerprint density at radius 1 is 0.600 bits per heavy atom. The van der Waals surface area contributed by atoms with Gasteiger partial charge >= 0.3 is 5.97 Å². The van der Waals surface area contributed by atoms with Gasteiger partial charge in [0.1, 0.15) is 0 Å². The molecular formula is C21H60O4. The van der Waals surface area contributed by atoms with Crippen molar-refractivity contribution in [3.05, 3.63) is 0 Å². The highest BCUT2D eigenvalue weighted by Gasteiger charge is 1.94. The number of ether oxygens (including phenoxy) is 3. The zero-order chi connectivity index (χ0) is 12.1. The molecule has 168 valence electrons. The Labute approximate surface area is 165 Å². The molecule has 0 rings (SSSR count). The lowest BCUT2D eigenvalue weighted by atomic mass is 10.3. The lowest BCUT2D eigenvalue weighted by molar-refractivity contribution is -0.141. The van der Waals surface area contributed by atoms with E-state index in [2.05, 4.69) is 6.92 Å². The van der Waals surface area contributed by atoms with Gasteiger partial charge in [0.2, 0.25) is 0 Å². The molecule has 0 saturated heterocycles. The van der Waals surface area contributed by atoms with Crippen LogP contribution in [0.15, 0.2) is 0 Å². The Hall–Kier alpha value is -0.610. The molecule has 0 heterocycles. The molecule has 25 heavy (non-hydrogen) atoms. The largest absolute Gasteiger partial charge is 0.466 e. The Morgan fingerprint density at radius 3 is 1.36 bits per heavy atom. The van der Waals surface area contributed by atoms with E-state index in [-0.39, 0.29) is 72.8 Å². The maximum Gasteiger partial charge on any atom is 0.302 e. The molecule has 0 saturated carbocycles. The third-order valence-corrected chi connectivity index (χ3v) is 1.91. The van der Waals surface area contributed by atoms with Gasteiger partial charge in [0, 0.05) is 33.4 Å². The van der Waals surface area contributed by atoms with Crippen LogP contribution in [0, 0.1) is 0 Å². The highest BCUT2D eigenvalue weighted by molar-refractivity contribution is 5.65. The van der Waals surface area contributed by atoms with Crippen LogP contribution in [-0.4, -0.2) is 39.0 Å². The van der Waals surface area contributed by atoms with Gasteiger partial charge in [-0.15, -0.1) is 0 Å². The first-order valence-corrected chi connectivity index (χ1v) is 6.06. The van der Waals surface area contributed by atoms with Gasteiger partial charge in [0.15, 0.2) is 0 Å². The zero-order valence-corrected chi connectivity index (χ0v) is 10.5. The quantitative estimate of drug-likeness (QED) is 0.271. The highest BCUT2D eigenvalue weighted by atomic mass is 16.5. The van der Waals surface area contributed by atoms with E-state index >= 15 is 0 Å². The van der Waals surface area contributed by atoms with Crippen molar-refractivity contribution in [1.29, 1.82) is 0 Å². The molecule has 0 aliphatic carbocycles. The van der Waals surface area contributed by atoms with E-state index in [1.807, 2.05) is 0 Å². The van der Waals surface area contributed by atoms with E-state index in [4.69, 9.17) is 14.2 Å². The fourth-order valence-corrected chi connectivity index (χ4v) is 1.13. The fourth-order valence-electron chi connectivity index (χ4n) is 1.13. The van der Waals surface area contributed by atoms with Crippen LogP contribution in [0.5, 0.6) is 0 Å². The summed E-state index contributed by atoms with van der Waals surface area (Å²) >= 11 is 0. The SMILES string of the molecule is C.C.C.C.C.C.C.C.C.CCCOCCCOCCCCOC(C)=O. The minimum atomic E-state index is -0.214. The molecule has 0 aliphatic heterocycles. The predicted molar refractivity (Wildman–Crippen MR) is 123 cm³/mol. The Balaban J connectivity index is -0.0000000312. The van der Waals surface area contributed by atoms with Crippen LogP contribution in [0.25, 0.3) is 0 Å². The molecule has 0 aromatic rings. The molecule has 0 radical (unpaired) electrons. The van der Waals surface area contributed by atoms with Crippen LogP contribution < -0.4 is 0 Å². The van der Waals surface area contributed by atoms with Crippen LogP contribution >= 0.6 is 0 Å². The number of carbonyl (C=O) groups is 1. The van der Waals surface area contributed by atoms with Gasteiger partial charge in [0.05, 0.1) is 6.61 Å². The van der Waals surface area contributed by atoms with Crippen molar-refractivity contribution in [3.8, 4) is 0 Å². The molecule has 0 spiro atoms. The van der Waals surface area contributed by atoms with Crippen LogP contribution in [-0.2, 0) is 19.0 Å². The Kier molecular flexibility index (Phi) is 146. The topological polar surface area (TPSA) is 44.8 Å². The standard InChI is InChI=1S/C12H24O4.9CH4/c1-3-7-14-9-6-10-15-8-4-5-11-16-12(2)13;;;;;;;;;/h3-11H2,1-2H3;9*1H4. The summed E-state index contributed by atoms with van der Waals surface area (Å²) in [6.45, 7) is 7.11. The second-order valence-corrected chi connectivity index (χ2v) is 3.63. The second kappa shape index (κ2) is 56.6. The Morgan fingerprint density at radius 2 is 0.960 bits per heavy atom. The Bertz CT molecular complexity index is 162. The van der Waals surface area contributed by atoms with Crippen molar-refractivity contribution in [2.24, 2.45) is 0 Å². The summed E-state index contributed by atoms with van der Waals surface area (Å²) in [6, 6.07) is 0. The number of rotatable bonds is 11. The molecule has 0 aromatic heterocycles. The van der Waals surface area contributed by atoms with Gasteiger partial charge in [-0.3, -0.25) is 4.79 Å². The molecule has 0 aromatic carbocycles. The first kappa shape index (κ1) is 64.4. The van der Waals surface area contributed by atoms with Gasteiger partial charge in [-0.1, -0.05) is 73.8 Å². The number of unbranched alkanes of at least 4 members (excludes halogenated alkanes) is 1. The van der Waals surface area contributed by atoms with E-state index in [9.17, 15) is 4.79 Å². The summed E-state index contributed by atoms with van der Waals surface area (Å²) in [5, 5.41) is 0. The number of hydrogen-bond acceptors (Lipinski definition) is 4. The van der Waals surface area contributed by atoms with Crippen molar-refractivity contribution < 1.29 is 19.0 Å². The highest BCUT2D eigenvalue weighted by Crippen LogP contribution is 1.93. The van der Waals surface area contributed by atoms with Crippen LogP contribution in [0.2, 0.25) is 0 Å². The first-order chi connectivity index (χ1) is 7.77. The molecule has 0 amide bonds. The predicted octanol–water partition coefficient (Wildman–Crippen LogP) is 7.89. The third-order valence-electron chi connectivity index (χ3n) is 1.91. The number of carbonyl (C=O) groups excluding carboxylic acids is 1. The third kappa shape index (κ3) is 69.7. The lowest BCUT2D eigenvalue weighted by Crippen LogP contribution is -2.04. The van der Waals surface area contributed by atoms with Gasteiger partial charge in [-0.05, 0) is 25.7 Å². The van der Waals surface area contributed by atoms with Crippen molar-refractivity contribution in [3.63, 3.8) is 0 Å².